The fourth-order valence-electron chi connectivity index (χ4n) is 1.45. The van der Waals surface area contributed by atoms with Crippen LogP contribution in [0.3, 0.4) is 0 Å². The summed E-state index contributed by atoms with van der Waals surface area (Å²) in [5.74, 6) is 0.430. The first kappa shape index (κ1) is 8.10. The third-order valence-corrected chi connectivity index (χ3v) is 2.18. The van der Waals surface area contributed by atoms with Crippen molar-refractivity contribution in [2.24, 2.45) is 0 Å². The average molecular weight is 176 g/mol. The maximum absolute atomic E-state index is 5.86. The van der Waals surface area contributed by atoms with Crippen LogP contribution in [0.25, 0.3) is 11.0 Å². The number of aromatic nitrogens is 1. The molecule has 0 spiro atoms. The lowest BCUT2D eigenvalue weighted by molar-refractivity contribution is 0.456. The van der Waals surface area contributed by atoms with Gasteiger partial charge in [0, 0.05) is 17.1 Å². The van der Waals surface area contributed by atoms with Gasteiger partial charge in [0.05, 0.1) is 6.20 Å². The van der Waals surface area contributed by atoms with Crippen molar-refractivity contribution < 1.29 is 4.52 Å². The first-order valence-electron chi connectivity index (χ1n) is 4.32. The Morgan fingerprint density at radius 2 is 2.15 bits per heavy atom. The Hall–Kier alpha value is -1.51. The molecular formula is C10H12N2O. The summed E-state index contributed by atoms with van der Waals surface area (Å²) >= 11 is 0. The molecule has 0 amide bonds. The molecule has 1 aromatic carbocycles. The van der Waals surface area contributed by atoms with Crippen LogP contribution in [0.4, 0.5) is 5.69 Å². The maximum atomic E-state index is 5.86. The number of anilines is 1. The van der Waals surface area contributed by atoms with E-state index in [1.54, 1.807) is 6.20 Å². The standard InChI is InChI=1S/C10H12N2O/c1-6(2)8-3-7-5-12-13-10(7)4-9(8)11/h3-6H,11H2,1-2H3. The van der Waals surface area contributed by atoms with E-state index in [1.807, 2.05) is 12.1 Å². The SMILES string of the molecule is CC(C)c1cc2cnoc2cc1N. The predicted molar refractivity (Wildman–Crippen MR) is 52.5 cm³/mol. The van der Waals surface area contributed by atoms with Crippen molar-refractivity contribution in [2.75, 3.05) is 5.73 Å². The van der Waals surface area contributed by atoms with Gasteiger partial charge in [-0.05, 0) is 17.5 Å². The highest BCUT2D eigenvalue weighted by Gasteiger charge is 2.07. The number of benzene rings is 1. The van der Waals surface area contributed by atoms with Gasteiger partial charge in [-0.3, -0.25) is 0 Å². The Bertz CT molecular complexity index is 431. The van der Waals surface area contributed by atoms with Gasteiger partial charge < -0.3 is 10.3 Å². The van der Waals surface area contributed by atoms with Crippen LogP contribution in [0.5, 0.6) is 0 Å². The summed E-state index contributed by atoms with van der Waals surface area (Å²) in [6.45, 7) is 4.23. The maximum Gasteiger partial charge on any atom is 0.168 e. The molecule has 0 saturated carbocycles. The van der Waals surface area contributed by atoms with Gasteiger partial charge in [0.2, 0.25) is 0 Å². The smallest absolute Gasteiger partial charge is 0.168 e. The van der Waals surface area contributed by atoms with Crippen molar-refractivity contribution in [3.8, 4) is 0 Å². The molecule has 0 unspecified atom stereocenters. The lowest BCUT2D eigenvalue weighted by Crippen LogP contribution is -1.95. The second kappa shape index (κ2) is 2.76. The fourth-order valence-corrected chi connectivity index (χ4v) is 1.45. The van der Waals surface area contributed by atoms with Crippen LogP contribution in [0, 0.1) is 0 Å². The molecule has 0 saturated heterocycles. The number of hydrogen-bond acceptors (Lipinski definition) is 3. The molecule has 3 nitrogen and oxygen atoms in total. The molecule has 0 atom stereocenters. The van der Waals surface area contributed by atoms with Crippen LogP contribution in [0.1, 0.15) is 25.3 Å². The van der Waals surface area contributed by atoms with E-state index >= 15 is 0 Å². The Morgan fingerprint density at radius 1 is 1.38 bits per heavy atom. The number of nitrogens with two attached hydrogens (primary N) is 1. The summed E-state index contributed by atoms with van der Waals surface area (Å²) in [5.41, 5.74) is 8.54. The predicted octanol–water partition coefficient (Wildman–Crippen LogP) is 2.53. The summed E-state index contributed by atoms with van der Waals surface area (Å²) in [4.78, 5) is 0. The van der Waals surface area contributed by atoms with Crippen LogP contribution in [-0.4, -0.2) is 5.16 Å². The van der Waals surface area contributed by atoms with Gasteiger partial charge in [-0.2, -0.15) is 0 Å². The molecule has 0 fully saturated rings. The molecule has 0 bridgehead atoms. The fraction of sp³-hybridized carbons (Fsp3) is 0.300. The van der Waals surface area contributed by atoms with Gasteiger partial charge in [-0.15, -0.1) is 0 Å². The van der Waals surface area contributed by atoms with Crippen molar-refractivity contribution in [1.82, 2.24) is 5.16 Å². The molecule has 68 valence electrons. The van der Waals surface area contributed by atoms with E-state index in [0.29, 0.717) is 5.92 Å². The van der Waals surface area contributed by atoms with Crippen molar-refractivity contribution >= 4 is 16.7 Å². The van der Waals surface area contributed by atoms with Gasteiger partial charge in [0.15, 0.2) is 5.58 Å². The van der Waals surface area contributed by atoms with Gasteiger partial charge in [-0.1, -0.05) is 19.0 Å². The average Bonchev–Trinajstić information content (AvgIpc) is 2.48. The Balaban J connectivity index is 2.69. The van der Waals surface area contributed by atoms with Crippen molar-refractivity contribution in [2.45, 2.75) is 19.8 Å². The minimum Gasteiger partial charge on any atom is -0.398 e. The molecule has 0 aliphatic carbocycles. The summed E-state index contributed by atoms with van der Waals surface area (Å²) in [7, 11) is 0. The van der Waals surface area contributed by atoms with Crippen LogP contribution in [0.15, 0.2) is 22.9 Å². The van der Waals surface area contributed by atoms with E-state index in [2.05, 4.69) is 19.0 Å². The summed E-state index contributed by atoms with van der Waals surface area (Å²) in [6, 6.07) is 3.86. The molecule has 13 heavy (non-hydrogen) atoms. The molecule has 2 N–H and O–H groups in total. The summed E-state index contributed by atoms with van der Waals surface area (Å²) in [6.07, 6.45) is 1.71. The topological polar surface area (TPSA) is 52.0 Å². The monoisotopic (exact) mass is 176 g/mol. The third-order valence-electron chi connectivity index (χ3n) is 2.18. The number of hydrogen-bond donors (Lipinski definition) is 1. The Labute approximate surface area is 76.5 Å². The minimum absolute atomic E-state index is 0.430. The van der Waals surface area contributed by atoms with Crippen LogP contribution < -0.4 is 5.73 Å². The van der Waals surface area contributed by atoms with Gasteiger partial charge >= 0.3 is 0 Å². The molecule has 1 heterocycles. The molecule has 1 aromatic heterocycles. The quantitative estimate of drug-likeness (QED) is 0.679. The largest absolute Gasteiger partial charge is 0.398 e. The van der Waals surface area contributed by atoms with Crippen LogP contribution in [-0.2, 0) is 0 Å². The zero-order chi connectivity index (χ0) is 9.42. The second-order valence-corrected chi connectivity index (χ2v) is 3.50. The Morgan fingerprint density at radius 3 is 2.85 bits per heavy atom. The Kier molecular flexibility index (Phi) is 1.72. The van der Waals surface area contributed by atoms with E-state index < -0.39 is 0 Å². The highest BCUT2D eigenvalue weighted by atomic mass is 16.5. The summed E-state index contributed by atoms with van der Waals surface area (Å²) < 4.78 is 5.00. The number of nitrogens with zero attached hydrogens (tertiary/aromatic N) is 1. The lowest BCUT2D eigenvalue weighted by atomic mass is 10.00. The highest BCUT2D eigenvalue weighted by molar-refractivity contribution is 5.81. The number of nitrogen functional groups attached to an aromatic ring is 1. The normalized spacial score (nSPS) is 11.3. The third kappa shape index (κ3) is 1.26. The van der Waals surface area contributed by atoms with Gasteiger partial charge in [-0.25, -0.2) is 0 Å². The zero-order valence-electron chi connectivity index (χ0n) is 7.74. The van der Waals surface area contributed by atoms with E-state index in [4.69, 9.17) is 10.3 Å². The molecule has 2 aromatic rings. The molecule has 2 rings (SSSR count). The van der Waals surface area contributed by atoms with Gasteiger partial charge in [0.25, 0.3) is 0 Å². The molecular weight excluding hydrogens is 164 g/mol. The molecule has 0 aliphatic rings. The van der Waals surface area contributed by atoms with E-state index in [-0.39, 0.29) is 0 Å². The van der Waals surface area contributed by atoms with Crippen molar-refractivity contribution in [1.29, 1.82) is 0 Å². The van der Waals surface area contributed by atoms with E-state index in [1.165, 1.54) is 0 Å². The molecule has 3 heteroatoms. The number of rotatable bonds is 1. The minimum atomic E-state index is 0.430. The molecule has 0 radical (unpaired) electrons. The summed E-state index contributed by atoms with van der Waals surface area (Å²) in [5, 5.41) is 4.72. The number of fused-ring (bicyclic) bond motifs is 1. The lowest BCUT2D eigenvalue weighted by Gasteiger charge is -2.07. The molecule has 0 aliphatic heterocycles. The highest BCUT2D eigenvalue weighted by Crippen LogP contribution is 2.27. The first-order chi connectivity index (χ1) is 6.18. The van der Waals surface area contributed by atoms with Crippen LogP contribution >= 0.6 is 0 Å². The van der Waals surface area contributed by atoms with Crippen LogP contribution in [0.2, 0.25) is 0 Å². The van der Waals surface area contributed by atoms with Crippen molar-refractivity contribution in [3.05, 3.63) is 23.9 Å². The zero-order valence-corrected chi connectivity index (χ0v) is 7.74. The van der Waals surface area contributed by atoms with E-state index in [0.717, 1.165) is 22.2 Å². The van der Waals surface area contributed by atoms with Crippen molar-refractivity contribution in [3.63, 3.8) is 0 Å². The second-order valence-electron chi connectivity index (χ2n) is 3.50. The van der Waals surface area contributed by atoms with E-state index in [9.17, 15) is 0 Å². The first-order valence-corrected chi connectivity index (χ1v) is 4.32. The van der Waals surface area contributed by atoms with Gasteiger partial charge in [0.1, 0.15) is 0 Å².